The van der Waals surface area contributed by atoms with E-state index in [1.54, 1.807) is 19.2 Å². The van der Waals surface area contributed by atoms with E-state index in [1.807, 2.05) is 41.3 Å². The molecule has 2 aromatic carbocycles. The van der Waals surface area contributed by atoms with E-state index in [0.29, 0.717) is 30.9 Å². The van der Waals surface area contributed by atoms with Crippen molar-refractivity contribution in [1.82, 2.24) is 25.0 Å². The number of benzene rings is 2. The number of carbonyl (C=O) groups excluding carboxylic acids is 2. The SMILES string of the molecule is CN1C(=O)[C@@H](NC(=O)C2=NC(Cc3ccccc3)N=N2)COc2ccc(CN3CCn4c(nnc4C(F)(F)F)C3)cc21. The molecule has 0 radical (unpaired) electrons. The Balaban J connectivity index is 1.09. The Labute approximate surface area is 237 Å². The van der Waals surface area contributed by atoms with Crippen LogP contribution < -0.4 is 15.0 Å². The van der Waals surface area contributed by atoms with Gasteiger partial charge < -0.3 is 19.5 Å². The monoisotopic (exact) mass is 581 g/mol. The van der Waals surface area contributed by atoms with Gasteiger partial charge in [0.1, 0.15) is 24.2 Å². The zero-order valence-corrected chi connectivity index (χ0v) is 22.5. The number of hydrogen-bond donors (Lipinski definition) is 1. The van der Waals surface area contributed by atoms with Gasteiger partial charge in [-0.1, -0.05) is 36.4 Å². The summed E-state index contributed by atoms with van der Waals surface area (Å²) in [4.78, 5) is 33.8. The number of amides is 2. The summed E-state index contributed by atoms with van der Waals surface area (Å²) in [7, 11) is 1.59. The molecule has 6 rings (SSSR count). The van der Waals surface area contributed by atoms with Crippen LogP contribution in [0.25, 0.3) is 0 Å². The Morgan fingerprint density at radius 3 is 2.69 bits per heavy atom. The van der Waals surface area contributed by atoms with Crippen molar-refractivity contribution in [2.24, 2.45) is 15.2 Å². The molecule has 4 heterocycles. The van der Waals surface area contributed by atoms with Gasteiger partial charge in [-0.2, -0.15) is 18.3 Å². The number of aromatic nitrogens is 3. The Morgan fingerprint density at radius 2 is 1.90 bits per heavy atom. The third kappa shape index (κ3) is 5.59. The molecular weight excluding hydrogens is 555 g/mol. The summed E-state index contributed by atoms with van der Waals surface area (Å²) >= 11 is 0. The highest BCUT2D eigenvalue weighted by Gasteiger charge is 2.39. The first-order valence-electron chi connectivity index (χ1n) is 13.2. The van der Waals surface area contributed by atoms with Crippen LogP contribution in [0.2, 0.25) is 0 Å². The van der Waals surface area contributed by atoms with Gasteiger partial charge in [-0.25, -0.2) is 4.99 Å². The molecule has 0 aliphatic carbocycles. The lowest BCUT2D eigenvalue weighted by Gasteiger charge is -2.28. The van der Waals surface area contributed by atoms with Gasteiger partial charge in [-0.3, -0.25) is 14.5 Å². The molecule has 1 unspecified atom stereocenters. The van der Waals surface area contributed by atoms with Crippen LogP contribution in [0.4, 0.5) is 18.9 Å². The molecule has 1 N–H and O–H groups in total. The molecule has 42 heavy (non-hydrogen) atoms. The van der Waals surface area contributed by atoms with Crippen molar-refractivity contribution < 1.29 is 27.5 Å². The molecule has 3 aromatic rings. The topological polar surface area (TPSA) is 130 Å². The van der Waals surface area contributed by atoms with Crippen LogP contribution in [0, 0.1) is 0 Å². The van der Waals surface area contributed by atoms with E-state index >= 15 is 0 Å². The fraction of sp³-hybridized carbons (Fsp3) is 0.370. The second kappa shape index (κ2) is 11.0. The van der Waals surface area contributed by atoms with E-state index < -0.39 is 30.1 Å². The number of alkyl halides is 3. The molecule has 1 aromatic heterocycles. The summed E-state index contributed by atoms with van der Waals surface area (Å²) in [5, 5.41) is 17.7. The predicted octanol–water partition coefficient (Wildman–Crippen LogP) is 2.59. The van der Waals surface area contributed by atoms with Gasteiger partial charge in [0.05, 0.1) is 12.2 Å². The standard InChI is InChI=1S/C27H26F3N9O3/c1-37-19-11-17(13-38-9-10-39-22(14-38)34-36-26(39)27(28,29)30)7-8-20(19)42-15-18(25(37)41)31-24(40)23-32-21(33-35-23)12-16-5-3-2-4-6-16/h2-8,11,18,21H,9-10,12-15H2,1H3,(H,31,40)/t18-,21?/m0/s1. The molecule has 0 fully saturated rings. The number of azo groups is 1. The highest BCUT2D eigenvalue weighted by molar-refractivity contribution is 6.38. The van der Waals surface area contributed by atoms with Crippen LogP contribution in [0.15, 0.2) is 63.8 Å². The number of fused-ring (bicyclic) bond motifs is 2. The summed E-state index contributed by atoms with van der Waals surface area (Å²) < 4.78 is 46.5. The number of nitrogens with zero attached hydrogens (tertiary/aromatic N) is 8. The van der Waals surface area contributed by atoms with Gasteiger partial charge in [0.25, 0.3) is 11.8 Å². The zero-order chi connectivity index (χ0) is 29.4. The van der Waals surface area contributed by atoms with Gasteiger partial charge in [0.15, 0.2) is 6.17 Å². The van der Waals surface area contributed by atoms with Crippen molar-refractivity contribution in [3.05, 3.63) is 71.3 Å². The Morgan fingerprint density at radius 1 is 1.10 bits per heavy atom. The molecule has 0 spiro atoms. The van der Waals surface area contributed by atoms with E-state index in [-0.39, 0.29) is 37.3 Å². The second-order valence-corrected chi connectivity index (χ2v) is 10.2. The highest BCUT2D eigenvalue weighted by Crippen LogP contribution is 2.33. The second-order valence-electron chi connectivity index (χ2n) is 10.2. The number of amidine groups is 1. The van der Waals surface area contributed by atoms with Crippen LogP contribution >= 0.6 is 0 Å². The first-order valence-corrected chi connectivity index (χ1v) is 13.2. The molecule has 0 bridgehead atoms. The molecule has 2 atom stereocenters. The minimum atomic E-state index is -4.56. The third-order valence-electron chi connectivity index (χ3n) is 7.24. The lowest BCUT2D eigenvalue weighted by molar-refractivity contribution is -0.148. The number of nitrogens with one attached hydrogen (secondary N) is 1. The summed E-state index contributed by atoms with van der Waals surface area (Å²) in [6.45, 7) is 1.01. The van der Waals surface area contributed by atoms with Crippen LogP contribution in [-0.2, 0) is 41.8 Å². The maximum Gasteiger partial charge on any atom is 0.451 e. The van der Waals surface area contributed by atoms with E-state index in [0.717, 1.165) is 15.7 Å². The molecule has 0 saturated carbocycles. The smallest absolute Gasteiger partial charge is 0.451 e. The molecular formula is C27H26F3N9O3. The summed E-state index contributed by atoms with van der Waals surface area (Å²) in [5.41, 5.74) is 2.35. The Hall–Kier alpha value is -4.66. The van der Waals surface area contributed by atoms with Crippen molar-refractivity contribution in [2.75, 3.05) is 25.1 Å². The number of halogens is 3. The molecule has 218 valence electrons. The summed E-state index contributed by atoms with van der Waals surface area (Å²) in [5.74, 6) is -1.40. The number of likely N-dealkylation sites (N-methyl/N-ethyl adjacent to an activating group) is 1. The van der Waals surface area contributed by atoms with Crippen molar-refractivity contribution in [1.29, 1.82) is 0 Å². The molecule has 12 nitrogen and oxygen atoms in total. The molecule has 3 aliphatic rings. The lowest BCUT2D eigenvalue weighted by Crippen LogP contribution is -2.50. The van der Waals surface area contributed by atoms with Gasteiger partial charge >= 0.3 is 6.18 Å². The van der Waals surface area contributed by atoms with E-state index in [9.17, 15) is 22.8 Å². The van der Waals surface area contributed by atoms with Crippen LogP contribution in [-0.4, -0.2) is 69.7 Å². The molecule has 0 saturated heterocycles. The molecule has 3 aliphatic heterocycles. The maximum absolute atomic E-state index is 13.3. The van der Waals surface area contributed by atoms with Gasteiger partial charge in [0.2, 0.25) is 11.7 Å². The third-order valence-corrected chi connectivity index (χ3v) is 7.24. The summed E-state index contributed by atoms with van der Waals surface area (Å²) in [6, 6.07) is 14.0. The lowest BCUT2D eigenvalue weighted by atomic mass is 10.1. The fourth-order valence-corrected chi connectivity index (χ4v) is 5.11. The average molecular weight is 582 g/mol. The highest BCUT2D eigenvalue weighted by atomic mass is 19.4. The number of ether oxygens (including phenoxy) is 1. The van der Waals surface area contributed by atoms with Gasteiger partial charge in [-0.05, 0) is 23.3 Å². The predicted molar refractivity (Wildman–Crippen MR) is 143 cm³/mol. The number of aliphatic imine (C=N–C) groups is 1. The Bertz CT molecular complexity index is 1570. The summed E-state index contributed by atoms with van der Waals surface area (Å²) in [6.07, 6.45) is -4.57. The van der Waals surface area contributed by atoms with Crippen molar-refractivity contribution in [2.45, 2.75) is 44.4 Å². The van der Waals surface area contributed by atoms with Crippen LogP contribution in [0.1, 0.15) is 22.8 Å². The van der Waals surface area contributed by atoms with Gasteiger partial charge in [-0.15, -0.1) is 15.3 Å². The number of hydrogen-bond acceptors (Lipinski definition) is 9. The molecule has 2 amide bonds. The average Bonchev–Trinajstić information content (AvgIpc) is 3.60. The van der Waals surface area contributed by atoms with Crippen molar-refractivity contribution in [3.8, 4) is 5.75 Å². The first-order chi connectivity index (χ1) is 20.2. The largest absolute Gasteiger partial charge is 0.489 e. The number of carbonyl (C=O) groups is 2. The first kappa shape index (κ1) is 27.5. The van der Waals surface area contributed by atoms with E-state index in [1.165, 1.54) is 4.90 Å². The van der Waals surface area contributed by atoms with Gasteiger partial charge in [0, 0.05) is 33.1 Å². The minimum absolute atomic E-state index is 0.0948. The fourth-order valence-electron chi connectivity index (χ4n) is 5.11. The van der Waals surface area contributed by atoms with E-state index in [2.05, 4.69) is 30.7 Å². The number of anilines is 1. The number of rotatable bonds is 6. The van der Waals surface area contributed by atoms with Crippen molar-refractivity contribution in [3.63, 3.8) is 0 Å². The van der Waals surface area contributed by atoms with Crippen molar-refractivity contribution >= 4 is 23.3 Å². The van der Waals surface area contributed by atoms with E-state index in [4.69, 9.17) is 4.74 Å². The minimum Gasteiger partial charge on any atom is -0.489 e. The maximum atomic E-state index is 13.3. The molecule has 15 heteroatoms. The normalized spacial score (nSPS) is 20.4. The quantitative estimate of drug-likeness (QED) is 0.477. The Kier molecular flexibility index (Phi) is 7.18. The zero-order valence-electron chi connectivity index (χ0n) is 22.5. The van der Waals surface area contributed by atoms with Crippen LogP contribution in [0.5, 0.6) is 5.75 Å². The van der Waals surface area contributed by atoms with Crippen LogP contribution in [0.3, 0.4) is 0 Å².